The molecule has 3 heterocycles. The van der Waals surface area contributed by atoms with Crippen LogP contribution in [0.5, 0.6) is 0 Å². The van der Waals surface area contributed by atoms with E-state index in [9.17, 15) is 4.79 Å². The Labute approximate surface area is 128 Å². The lowest BCUT2D eigenvalue weighted by molar-refractivity contribution is 0.709. The molecule has 0 fully saturated rings. The van der Waals surface area contributed by atoms with Crippen molar-refractivity contribution in [3.8, 4) is 10.4 Å². The van der Waals surface area contributed by atoms with Crippen LogP contribution in [-0.2, 0) is 6.54 Å². The Balaban J connectivity index is 1.80. The van der Waals surface area contributed by atoms with Crippen LogP contribution in [0.15, 0.2) is 47.5 Å². The minimum absolute atomic E-state index is 0.0954. The third-order valence-electron chi connectivity index (χ3n) is 3.26. The molecule has 108 valence electrons. The van der Waals surface area contributed by atoms with Gasteiger partial charge in [-0.05, 0) is 11.6 Å². The van der Waals surface area contributed by atoms with E-state index < -0.39 is 0 Å². The largest absolute Gasteiger partial charge is 0.290 e. The molecule has 0 bridgehead atoms. The zero-order chi connectivity index (χ0) is 14.9. The van der Waals surface area contributed by atoms with Gasteiger partial charge in [0.15, 0.2) is 5.82 Å². The summed E-state index contributed by atoms with van der Waals surface area (Å²) in [5, 5.41) is 13.6. The predicted molar refractivity (Wildman–Crippen MR) is 82.6 cm³/mol. The zero-order valence-electron chi connectivity index (χ0n) is 11.3. The monoisotopic (exact) mass is 310 g/mol. The van der Waals surface area contributed by atoms with Crippen molar-refractivity contribution < 1.29 is 0 Å². The Hall–Kier alpha value is -2.87. The summed E-state index contributed by atoms with van der Waals surface area (Å²) in [7, 11) is 0. The van der Waals surface area contributed by atoms with E-state index in [0.717, 1.165) is 10.4 Å². The van der Waals surface area contributed by atoms with Gasteiger partial charge in [-0.25, -0.2) is 4.98 Å². The van der Waals surface area contributed by atoms with Crippen LogP contribution >= 0.6 is 11.3 Å². The van der Waals surface area contributed by atoms with Crippen molar-refractivity contribution in [1.82, 2.24) is 30.2 Å². The van der Waals surface area contributed by atoms with Gasteiger partial charge in [-0.15, -0.1) is 21.5 Å². The second-order valence-corrected chi connectivity index (χ2v) is 5.75. The highest BCUT2D eigenvalue weighted by atomic mass is 32.1. The molecule has 0 saturated heterocycles. The van der Waals surface area contributed by atoms with Crippen molar-refractivity contribution in [1.29, 1.82) is 0 Å². The molecule has 0 atom stereocenters. The van der Waals surface area contributed by atoms with Crippen LogP contribution in [0, 0.1) is 0 Å². The van der Waals surface area contributed by atoms with Crippen molar-refractivity contribution in [2.24, 2.45) is 0 Å². The second kappa shape index (κ2) is 5.15. The van der Waals surface area contributed by atoms with Crippen molar-refractivity contribution in [3.05, 3.63) is 58.9 Å². The summed E-state index contributed by atoms with van der Waals surface area (Å²) in [6, 6.07) is 11.9. The molecule has 3 aromatic heterocycles. The number of aromatic nitrogens is 6. The van der Waals surface area contributed by atoms with Crippen molar-refractivity contribution in [2.75, 3.05) is 0 Å². The first kappa shape index (κ1) is 12.8. The molecule has 0 radical (unpaired) electrons. The Morgan fingerprint density at radius 1 is 1.23 bits per heavy atom. The highest BCUT2D eigenvalue weighted by Gasteiger charge is 2.11. The van der Waals surface area contributed by atoms with Gasteiger partial charge in [-0.3, -0.25) is 9.36 Å². The summed E-state index contributed by atoms with van der Waals surface area (Å²) in [5.74, 6) is 0.447. The quantitative estimate of drug-likeness (QED) is 0.622. The fourth-order valence-electron chi connectivity index (χ4n) is 2.20. The predicted octanol–water partition coefficient (Wildman–Crippen LogP) is 1.69. The van der Waals surface area contributed by atoms with E-state index in [2.05, 4.69) is 25.6 Å². The van der Waals surface area contributed by atoms with Gasteiger partial charge < -0.3 is 0 Å². The fourth-order valence-corrected chi connectivity index (χ4v) is 3.27. The van der Waals surface area contributed by atoms with Crippen molar-refractivity contribution in [2.45, 2.75) is 6.54 Å². The zero-order valence-corrected chi connectivity index (χ0v) is 12.1. The van der Waals surface area contributed by atoms with Crippen LogP contribution in [0.2, 0.25) is 0 Å². The molecule has 1 N–H and O–H groups in total. The number of aromatic amines is 1. The van der Waals surface area contributed by atoms with Gasteiger partial charge in [0.2, 0.25) is 0 Å². The number of nitrogens with one attached hydrogen (secondary N) is 1. The lowest BCUT2D eigenvalue weighted by atomic mass is 10.2. The van der Waals surface area contributed by atoms with Crippen LogP contribution < -0.4 is 5.56 Å². The number of nitrogens with zero attached hydrogens (tertiary/aromatic N) is 5. The van der Waals surface area contributed by atoms with Crippen LogP contribution in [-0.4, -0.2) is 30.2 Å². The molecule has 8 heteroatoms. The number of tetrazole rings is 1. The standard InChI is InChI=1S/C14H10N6OS/c21-14-13-10(6-11(22-13)9-4-2-1-3-5-9)15-8-20(14)7-12-16-18-19-17-12/h1-6,8H,7H2,(H,16,17,18,19). The first-order valence-corrected chi connectivity index (χ1v) is 7.39. The first-order chi connectivity index (χ1) is 10.8. The third-order valence-corrected chi connectivity index (χ3v) is 4.42. The molecule has 0 amide bonds. The number of fused-ring (bicyclic) bond motifs is 1. The molecule has 1 aromatic carbocycles. The average Bonchev–Trinajstić information content (AvgIpc) is 3.21. The van der Waals surface area contributed by atoms with E-state index in [1.165, 1.54) is 22.2 Å². The molecule has 0 unspecified atom stereocenters. The van der Waals surface area contributed by atoms with E-state index in [4.69, 9.17) is 0 Å². The van der Waals surface area contributed by atoms with E-state index >= 15 is 0 Å². The summed E-state index contributed by atoms with van der Waals surface area (Å²) in [6.45, 7) is 0.247. The van der Waals surface area contributed by atoms with Gasteiger partial charge >= 0.3 is 0 Å². The van der Waals surface area contributed by atoms with Crippen molar-refractivity contribution in [3.63, 3.8) is 0 Å². The number of hydrogen-bond donors (Lipinski definition) is 1. The lowest BCUT2D eigenvalue weighted by Gasteiger charge is -2.00. The molecule has 4 rings (SSSR count). The van der Waals surface area contributed by atoms with E-state index in [1.807, 2.05) is 36.4 Å². The van der Waals surface area contributed by atoms with Crippen LogP contribution in [0.25, 0.3) is 20.7 Å². The van der Waals surface area contributed by atoms with E-state index in [-0.39, 0.29) is 12.1 Å². The summed E-state index contributed by atoms with van der Waals surface area (Å²) in [4.78, 5) is 17.9. The van der Waals surface area contributed by atoms with Crippen LogP contribution in [0.1, 0.15) is 5.82 Å². The maximum Gasteiger partial charge on any atom is 0.271 e. The smallest absolute Gasteiger partial charge is 0.271 e. The number of benzene rings is 1. The maximum absolute atomic E-state index is 12.5. The Morgan fingerprint density at radius 2 is 2.09 bits per heavy atom. The Kier molecular flexibility index (Phi) is 3.01. The first-order valence-electron chi connectivity index (χ1n) is 6.58. The molecular weight excluding hydrogens is 300 g/mol. The second-order valence-electron chi connectivity index (χ2n) is 4.70. The molecule has 0 spiro atoms. The maximum atomic E-state index is 12.5. The van der Waals surface area contributed by atoms with Gasteiger partial charge in [0.1, 0.15) is 4.70 Å². The molecule has 0 aliphatic heterocycles. The molecule has 0 aliphatic carbocycles. The summed E-state index contributed by atoms with van der Waals surface area (Å²) in [5.41, 5.74) is 1.69. The SMILES string of the molecule is O=c1c2sc(-c3ccccc3)cc2ncn1Cc1nn[nH]n1. The van der Waals surface area contributed by atoms with Gasteiger partial charge in [0.25, 0.3) is 5.56 Å². The molecule has 0 saturated carbocycles. The summed E-state index contributed by atoms with van der Waals surface area (Å²) >= 11 is 1.44. The van der Waals surface area contributed by atoms with Gasteiger partial charge in [0.05, 0.1) is 18.4 Å². The molecule has 22 heavy (non-hydrogen) atoms. The highest BCUT2D eigenvalue weighted by molar-refractivity contribution is 7.22. The number of rotatable bonds is 3. The van der Waals surface area contributed by atoms with Gasteiger partial charge in [0, 0.05) is 4.88 Å². The number of thiophene rings is 1. The third kappa shape index (κ3) is 2.19. The normalized spacial score (nSPS) is 11.1. The lowest BCUT2D eigenvalue weighted by Crippen LogP contribution is -2.20. The Bertz CT molecular complexity index is 974. The molecule has 4 aromatic rings. The van der Waals surface area contributed by atoms with Crippen molar-refractivity contribution >= 4 is 21.6 Å². The fraction of sp³-hybridized carbons (Fsp3) is 0.0714. The molecular formula is C14H10N6OS. The molecule has 0 aliphatic rings. The summed E-state index contributed by atoms with van der Waals surface area (Å²) < 4.78 is 2.11. The van der Waals surface area contributed by atoms with E-state index in [1.54, 1.807) is 0 Å². The highest BCUT2D eigenvalue weighted by Crippen LogP contribution is 2.30. The summed E-state index contributed by atoms with van der Waals surface area (Å²) in [6.07, 6.45) is 1.52. The Morgan fingerprint density at radius 3 is 2.86 bits per heavy atom. The van der Waals surface area contributed by atoms with Gasteiger partial charge in [-0.1, -0.05) is 35.5 Å². The minimum Gasteiger partial charge on any atom is -0.290 e. The molecule has 7 nitrogen and oxygen atoms in total. The van der Waals surface area contributed by atoms with Gasteiger partial charge in [-0.2, -0.15) is 5.21 Å². The number of hydrogen-bond acceptors (Lipinski definition) is 6. The topological polar surface area (TPSA) is 89.4 Å². The number of H-pyrrole nitrogens is 1. The van der Waals surface area contributed by atoms with Crippen LogP contribution in [0.4, 0.5) is 0 Å². The average molecular weight is 310 g/mol. The van der Waals surface area contributed by atoms with Crippen LogP contribution in [0.3, 0.4) is 0 Å². The minimum atomic E-state index is -0.0954. The van der Waals surface area contributed by atoms with E-state index in [0.29, 0.717) is 16.0 Å².